The summed E-state index contributed by atoms with van der Waals surface area (Å²) in [5.74, 6) is -1.09. The topological polar surface area (TPSA) is 46.5 Å². The molecule has 0 aliphatic heterocycles. The second kappa shape index (κ2) is 14.7. The Labute approximate surface area is 258 Å². The van der Waals surface area contributed by atoms with E-state index in [0.717, 1.165) is 63.5 Å². The lowest BCUT2D eigenvalue weighted by molar-refractivity contribution is -0.284. The van der Waals surface area contributed by atoms with Gasteiger partial charge in [-0.1, -0.05) is 51.5 Å². The van der Waals surface area contributed by atoms with Gasteiger partial charge in [0.25, 0.3) is 0 Å². The molecular weight excluding hydrogens is 583 g/mol. The highest BCUT2D eigenvalue weighted by Gasteiger charge is 2.58. The SMILES string of the molecule is CC(=O)O[C@H]1CC[C@H]2[C@@H]3[C@H](CCCCCCCCCSCCCC(F)(F)C(F)(F)F)Cc4cc(O)ccc4[C@H]3CCC12C. The van der Waals surface area contributed by atoms with Crippen LogP contribution in [0.4, 0.5) is 22.0 Å². The fraction of sp³-hybridized carbons (Fsp3) is 0.794. The van der Waals surface area contributed by atoms with Crippen molar-refractivity contribution >= 4 is 17.7 Å². The molecule has 2 fully saturated rings. The Hall–Kier alpha value is -1.51. The van der Waals surface area contributed by atoms with Gasteiger partial charge in [0.2, 0.25) is 0 Å². The van der Waals surface area contributed by atoms with Gasteiger partial charge in [0.05, 0.1) is 0 Å². The second-order valence-corrected chi connectivity index (χ2v) is 14.8. The first-order valence-electron chi connectivity index (χ1n) is 16.3. The third-order valence-electron chi connectivity index (χ3n) is 10.7. The van der Waals surface area contributed by atoms with E-state index in [-0.39, 0.29) is 23.9 Å². The van der Waals surface area contributed by atoms with Gasteiger partial charge in [0.1, 0.15) is 11.9 Å². The van der Waals surface area contributed by atoms with Crippen molar-refractivity contribution in [3.63, 3.8) is 0 Å². The number of fused-ring (bicyclic) bond motifs is 5. The number of phenolic OH excluding ortho intramolecular Hbond substituents is 1. The molecule has 9 heteroatoms. The van der Waals surface area contributed by atoms with Crippen molar-refractivity contribution < 1.29 is 36.6 Å². The summed E-state index contributed by atoms with van der Waals surface area (Å²) < 4.78 is 68.4. The molecule has 1 aromatic rings. The maximum absolute atomic E-state index is 12.9. The number of alkyl halides is 5. The van der Waals surface area contributed by atoms with E-state index < -0.39 is 18.5 Å². The lowest BCUT2D eigenvalue weighted by Gasteiger charge is -2.53. The first-order valence-corrected chi connectivity index (χ1v) is 17.5. The molecule has 0 bridgehead atoms. The van der Waals surface area contributed by atoms with Gasteiger partial charge in [-0.05, 0) is 110 Å². The monoisotopic (exact) mass is 632 g/mol. The number of aromatic hydroxyl groups is 1. The molecule has 0 heterocycles. The van der Waals surface area contributed by atoms with Crippen molar-refractivity contribution in [3.8, 4) is 5.75 Å². The summed E-state index contributed by atoms with van der Waals surface area (Å²) in [6.07, 6.45) is 7.53. The molecule has 2 saturated carbocycles. The van der Waals surface area contributed by atoms with Crippen LogP contribution >= 0.6 is 11.8 Å². The van der Waals surface area contributed by atoms with E-state index in [2.05, 4.69) is 13.0 Å². The molecular formula is C34H49F5O3S. The van der Waals surface area contributed by atoms with E-state index >= 15 is 0 Å². The smallest absolute Gasteiger partial charge is 0.453 e. The Bertz CT molecular complexity index is 1060. The predicted octanol–water partition coefficient (Wildman–Crippen LogP) is 10.2. The summed E-state index contributed by atoms with van der Waals surface area (Å²) in [7, 11) is 0. The summed E-state index contributed by atoms with van der Waals surface area (Å²) >= 11 is 1.47. The number of ether oxygens (including phenoxy) is 1. The van der Waals surface area contributed by atoms with Crippen LogP contribution in [0.3, 0.4) is 0 Å². The second-order valence-electron chi connectivity index (χ2n) is 13.5. The number of unbranched alkanes of at least 4 members (excludes halogenated alkanes) is 6. The molecule has 0 aromatic heterocycles. The Balaban J connectivity index is 1.18. The van der Waals surface area contributed by atoms with Crippen LogP contribution in [-0.4, -0.2) is 40.8 Å². The summed E-state index contributed by atoms with van der Waals surface area (Å²) in [6.45, 7) is 3.87. The van der Waals surface area contributed by atoms with Crippen molar-refractivity contribution in [1.29, 1.82) is 0 Å². The number of rotatable bonds is 15. The molecule has 1 N–H and O–H groups in total. The van der Waals surface area contributed by atoms with Crippen LogP contribution in [-0.2, 0) is 16.0 Å². The zero-order valence-electron chi connectivity index (χ0n) is 25.7. The normalized spacial score (nSPS) is 28.7. The third-order valence-corrected chi connectivity index (χ3v) is 11.8. The van der Waals surface area contributed by atoms with Crippen LogP contribution in [0.2, 0.25) is 0 Å². The summed E-state index contributed by atoms with van der Waals surface area (Å²) in [4.78, 5) is 11.9. The summed E-state index contributed by atoms with van der Waals surface area (Å²) in [5.41, 5.74) is 2.75. The zero-order chi connectivity index (χ0) is 31.3. The minimum absolute atomic E-state index is 0.00958. The average molecular weight is 633 g/mol. The maximum Gasteiger partial charge on any atom is 0.453 e. The predicted molar refractivity (Wildman–Crippen MR) is 162 cm³/mol. The highest BCUT2D eigenvalue weighted by molar-refractivity contribution is 7.99. The zero-order valence-corrected chi connectivity index (χ0v) is 26.5. The number of phenols is 1. The van der Waals surface area contributed by atoms with Crippen molar-refractivity contribution in [2.45, 2.75) is 134 Å². The van der Waals surface area contributed by atoms with Gasteiger partial charge in [-0.3, -0.25) is 4.79 Å². The number of carbonyl (C=O) groups is 1. The molecule has 3 nitrogen and oxygen atoms in total. The number of hydrogen-bond acceptors (Lipinski definition) is 4. The number of carbonyl (C=O) groups excluding carboxylic acids is 1. The minimum Gasteiger partial charge on any atom is -0.508 e. The molecule has 0 saturated heterocycles. The number of thioether (sulfide) groups is 1. The van der Waals surface area contributed by atoms with Crippen molar-refractivity contribution in [1.82, 2.24) is 0 Å². The van der Waals surface area contributed by atoms with Crippen molar-refractivity contribution in [3.05, 3.63) is 29.3 Å². The molecule has 0 radical (unpaired) electrons. The maximum atomic E-state index is 12.9. The molecule has 6 atom stereocenters. The van der Waals surface area contributed by atoms with Crippen LogP contribution in [0.5, 0.6) is 5.75 Å². The lowest BCUT2D eigenvalue weighted by Crippen LogP contribution is -2.48. The van der Waals surface area contributed by atoms with E-state index in [0.29, 0.717) is 35.2 Å². The van der Waals surface area contributed by atoms with Crippen LogP contribution in [0, 0.1) is 23.2 Å². The lowest BCUT2D eigenvalue weighted by atomic mass is 9.52. The fourth-order valence-corrected chi connectivity index (χ4v) is 9.50. The van der Waals surface area contributed by atoms with Crippen LogP contribution in [0.1, 0.15) is 121 Å². The number of hydrogen-bond donors (Lipinski definition) is 1. The fourth-order valence-electron chi connectivity index (χ4n) is 8.54. The highest BCUT2D eigenvalue weighted by atomic mass is 32.2. The Morgan fingerprint density at radius 2 is 1.65 bits per heavy atom. The molecule has 1 unspecified atom stereocenters. The molecule has 0 spiro atoms. The molecule has 1 aromatic carbocycles. The van der Waals surface area contributed by atoms with Gasteiger partial charge >= 0.3 is 18.1 Å². The van der Waals surface area contributed by atoms with Crippen LogP contribution in [0.15, 0.2) is 18.2 Å². The van der Waals surface area contributed by atoms with E-state index in [1.54, 1.807) is 0 Å². The van der Waals surface area contributed by atoms with Crippen molar-refractivity contribution in [2.75, 3.05) is 11.5 Å². The van der Waals surface area contributed by atoms with Gasteiger partial charge in [-0.2, -0.15) is 33.7 Å². The highest BCUT2D eigenvalue weighted by Crippen LogP contribution is 2.63. The van der Waals surface area contributed by atoms with Gasteiger partial charge in [0, 0.05) is 18.8 Å². The Morgan fingerprint density at radius 3 is 2.35 bits per heavy atom. The largest absolute Gasteiger partial charge is 0.508 e. The Morgan fingerprint density at radius 1 is 0.977 bits per heavy atom. The van der Waals surface area contributed by atoms with E-state index in [4.69, 9.17) is 4.74 Å². The van der Waals surface area contributed by atoms with Gasteiger partial charge in [-0.15, -0.1) is 0 Å². The average Bonchev–Trinajstić information content (AvgIpc) is 3.25. The van der Waals surface area contributed by atoms with Gasteiger partial charge in [-0.25, -0.2) is 0 Å². The third kappa shape index (κ3) is 8.40. The van der Waals surface area contributed by atoms with Crippen LogP contribution < -0.4 is 0 Å². The first kappa shape index (κ1) is 34.4. The number of halogens is 5. The van der Waals surface area contributed by atoms with E-state index in [9.17, 15) is 31.9 Å². The van der Waals surface area contributed by atoms with Crippen LogP contribution in [0.25, 0.3) is 0 Å². The summed E-state index contributed by atoms with van der Waals surface area (Å²) in [6, 6.07) is 5.95. The number of benzene rings is 1. The number of esters is 1. The Kier molecular flexibility index (Phi) is 11.8. The van der Waals surface area contributed by atoms with E-state index in [1.807, 2.05) is 12.1 Å². The van der Waals surface area contributed by atoms with Crippen molar-refractivity contribution in [2.24, 2.45) is 23.2 Å². The molecule has 3 aliphatic carbocycles. The van der Waals surface area contributed by atoms with E-state index in [1.165, 1.54) is 55.5 Å². The van der Waals surface area contributed by atoms with Gasteiger partial charge < -0.3 is 9.84 Å². The molecule has 4 rings (SSSR count). The molecule has 3 aliphatic rings. The quantitative estimate of drug-likeness (QED) is 0.119. The molecule has 244 valence electrons. The molecule has 0 amide bonds. The first-order chi connectivity index (χ1) is 20.3. The molecule has 43 heavy (non-hydrogen) atoms. The van der Waals surface area contributed by atoms with Gasteiger partial charge in [0.15, 0.2) is 0 Å². The summed E-state index contributed by atoms with van der Waals surface area (Å²) in [5, 5.41) is 10.2. The standard InChI is InChI=1S/C34H49F5O3S/c1-23(40)42-30-15-14-29-31-24(21-25-22-26(41)12-13-27(25)28(31)16-18-32(29,30)2)11-8-6-4-3-5-7-9-19-43-20-10-17-33(35,36)34(37,38)39/h12-13,22,24,28-31,41H,3-11,14-21H2,1-2H3/t24-,28-,29+,30+,31-,32?/m1/s1. The minimum atomic E-state index is -5.45.